The van der Waals surface area contributed by atoms with Crippen molar-refractivity contribution in [2.45, 2.75) is 79.2 Å². The van der Waals surface area contributed by atoms with E-state index in [0.29, 0.717) is 0 Å². The molecule has 0 saturated heterocycles. The molecule has 158 valence electrons. The second-order valence-corrected chi connectivity index (χ2v) is 10.4. The number of nitrogens with zero attached hydrogens (tertiary/aromatic N) is 3. The van der Waals surface area contributed by atoms with Crippen LogP contribution in [0.25, 0.3) is 22.1 Å². The van der Waals surface area contributed by atoms with Crippen molar-refractivity contribution in [3.8, 4) is 0 Å². The molecule has 2 heterocycles. The lowest BCUT2D eigenvalue weighted by molar-refractivity contribution is 0.442. The smallest absolute Gasteiger partial charge is 0.104 e. The highest BCUT2D eigenvalue weighted by atomic mass is 15.0. The predicted molar refractivity (Wildman–Crippen MR) is 126 cm³/mol. The largest absolute Gasteiger partial charge is 0.342 e. The van der Waals surface area contributed by atoms with Gasteiger partial charge in [-0.2, -0.15) is 0 Å². The Morgan fingerprint density at radius 1 is 0.900 bits per heavy atom. The van der Waals surface area contributed by atoms with Gasteiger partial charge < -0.3 is 9.55 Å². The minimum atomic E-state index is 0.0106. The molecule has 2 aromatic carbocycles. The first-order valence-electron chi connectivity index (χ1n) is 10.9. The number of hydrogen-bond donors (Lipinski definition) is 1. The predicted octanol–water partition coefficient (Wildman–Crippen LogP) is 6.50. The van der Waals surface area contributed by atoms with Gasteiger partial charge in [0.05, 0.1) is 28.4 Å². The quantitative estimate of drug-likeness (QED) is 0.423. The summed E-state index contributed by atoms with van der Waals surface area (Å²) in [7, 11) is 0. The van der Waals surface area contributed by atoms with E-state index >= 15 is 0 Å². The molecule has 1 N–H and O–H groups in total. The Balaban J connectivity index is 1.70. The van der Waals surface area contributed by atoms with Crippen molar-refractivity contribution in [2.75, 3.05) is 0 Å². The number of fused-ring (bicyclic) bond motifs is 2. The Morgan fingerprint density at radius 3 is 2.27 bits per heavy atom. The number of aromatic nitrogens is 4. The Bertz CT molecular complexity index is 1230. The molecule has 0 aliphatic heterocycles. The van der Waals surface area contributed by atoms with Crippen molar-refractivity contribution in [2.24, 2.45) is 0 Å². The molecule has 0 unspecified atom stereocenters. The summed E-state index contributed by atoms with van der Waals surface area (Å²) < 4.78 is 2.32. The van der Waals surface area contributed by atoms with E-state index < -0.39 is 0 Å². The summed E-state index contributed by atoms with van der Waals surface area (Å²) in [5.41, 5.74) is 10.1. The van der Waals surface area contributed by atoms with E-state index in [1.54, 1.807) is 0 Å². The van der Waals surface area contributed by atoms with Crippen LogP contribution in [0, 0.1) is 20.8 Å². The number of nitrogens with one attached hydrogen (secondary N) is 1. The topological polar surface area (TPSA) is 46.5 Å². The Morgan fingerprint density at radius 2 is 1.57 bits per heavy atom. The molecule has 30 heavy (non-hydrogen) atoms. The standard InChI is InChI=1S/C26H34N4/c1-16-10-12-20-24(21(16)25(4,5)6)27-15-30(20)14-13-26(7,8)22-17(2)9-11-19-23(22)29-18(3)28-19/h9-12,15H,13-14H2,1-8H3,(H,28,29). The van der Waals surface area contributed by atoms with E-state index in [9.17, 15) is 0 Å². The highest BCUT2D eigenvalue weighted by Gasteiger charge is 2.27. The zero-order valence-electron chi connectivity index (χ0n) is 19.6. The van der Waals surface area contributed by atoms with Crippen molar-refractivity contribution in [3.63, 3.8) is 0 Å². The van der Waals surface area contributed by atoms with E-state index in [2.05, 4.69) is 87.3 Å². The fourth-order valence-electron chi connectivity index (χ4n) is 5.06. The Kier molecular flexibility index (Phi) is 4.80. The number of aromatic amines is 1. The van der Waals surface area contributed by atoms with Crippen molar-refractivity contribution in [1.29, 1.82) is 0 Å². The van der Waals surface area contributed by atoms with Crippen molar-refractivity contribution in [1.82, 2.24) is 19.5 Å². The van der Waals surface area contributed by atoms with Gasteiger partial charge >= 0.3 is 0 Å². The van der Waals surface area contributed by atoms with Crippen molar-refractivity contribution >= 4 is 22.1 Å². The summed E-state index contributed by atoms with van der Waals surface area (Å²) in [4.78, 5) is 13.0. The first-order valence-corrected chi connectivity index (χ1v) is 10.9. The average molecular weight is 403 g/mol. The number of hydrogen-bond acceptors (Lipinski definition) is 2. The first kappa shape index (κ1) is 20.6. The Labute approximate surface area is 179 Å². The highest BCUT2D eigenvalue weighted by Crippen LogP contribution is 2.36. The fourth-order valence-corrected chi connectivity index (χ4v) is 5.06. The maximum Gasteiger partial charge on any atom is 0.104 e. The minimum Gasteiger partial charge on any atom is -0.342 e. The average Bonchev–Trinajstić information content (AvgIpc) is 3.20. The van der Waals surface area contributed by atoms with Crippen LogP contribution >= 0.6 is 0 Å². The third-order valence-corrected chi connectivity index (χ3v) is 6.39. The third-order valence-electron chi connectivity index (χ3n) is 6.39. The molecule has 2 aromatic heterocycles. The van der Waals surface area contributed by atoms with Crippen LogP contribution in [0.2, 0.25) is 0 Å². The van der Waals surface area contributed by atoms with Gasteiger partial charge in [0.15, 0.2) is 0 Å². The van der Waals surface area contributed by atoms with Crippen molar-refractivity contribution < 1.29 is 0 Å². The van der Waals surface area contributed by atoms with Gasteiger partial charge in [-0.05, 0) is 72.4 Å². The molecule has 4 heteroatoms. The summed E-state index contributed by atoms with van der Waals surface area (Å²) in [5.74, 6) is 0.971. The molecular formula is C26H34N4. The van der Waals surface area contributed by atoms with Crippen LogP contribution in [0.5, 0.6) is 0 Å². The third kappa shape index (κ3) is 3.42. The molecule has 0 aliphatic carbocycles. The van der Waals surface area contributed by atoms with Crippen LogP contribution in [-0.4, -0.2) is 19.5 Å². The number of benzene rings is 2. The zero-order chi connectivity index (χ0) is 21.8. The lowest BCUT2D eigenvalue weighted by Crippen LogP contribution is -2.21. The van der Waals surface area contributed by atoms with Gasteiger partial charge in [-0.25, -0.2) is 9.97 Å². The summed E-state index contributed by atoms with van der Waals surface area (Å²) in [6.07, 6.45) is 3.04. The van der Waals surface area contributed by atoms with E-state index in [1.807, 2.05) is 13.3 Å². The van der Waals surface area contributed by atoms with E-state index in [-0.39, 0.29) is 10.8 Å². The normalized spacial score (nSPS) is 12.9. The molecule has 0 atom stereocenters. The monoisotopic (exact) mass is 402 g/mol. The maximum absolute atomic E-state index is 4.84. The minimum absolute atomic E-state index is 0.0106. The lowest BCUT2D eigenvalue weighted by Gasteiger charge is -2.28. The van der Waals surface area contributed by atoms with Gasteiger partial charge in [0.2, 0.25) is 0 Å². The molecule has 0 bridgehead atoms. The van der Waals surface area contributed by atoms with Gasteiger partial charge in [0, 0.05) is 6.54 Å². The number of aryl methyl sites for hydroxylation is 4. The molecule has 0 aliphatic rings. The second-order valence-electron chi connectivity index (χ2n) is 10.4. The van der Waals surface area contributed by atoms with Crippen LogP contribution in [-0.2, 0) is 17.4 Å². The molecule has 0 saturated carbocycles. The fraction of sp³-hybridized carbons (Fsp3) is 0.462. The van der Waals surface area contributed by atoms with Crippen molar-refractivity contribution in [3.05, 3.63) is 58.7 Å². The molecule has 0 amide bonds. The van der Waals surface area contributed by atoms with E-state index in [4.69, 9.17) is 4.98 Å². The highest BCUT2D eigenvalue weighted by molar-refractivity contribution is 5.82. The number of H-pyrrole nitrogens is 1. The lowest BCUT2D eigenvalue weighted by atomic mass is 9.78. The second kappa shape index (κ2) is 6.97. The Hall–Kier alpha value is -2.62. The van der Waals surface area contributed by atoms with Gasteiger partial charge in [0.1, 0.15) is 5.82 Å². The number of rotatable bonds is 4. The SMILES string of the molecule is Cc1nc2ccc(C)c(C(C)(C)CCn3cnc4c(C(C)(C)C)c(C)ccc43)c2[nH]1. The van der Waals surface area contributed by atoms with Crippen LogP contribution < -0.4 is 0 Å². The van der Waals surface area contributed by atoms with E-state index in [1.165, 1.54) is 33.3 Å². The van der Waals surface area contributed by atoms with Gasteiger partial charge in [0.25, 0.3) is 0 Å². The van der Waals surface area contributed by atoms with Gasteiger partial charge in [-0.1, -0.05) is 46.8 Å². The van der Waals surface area contributed by atoms with Gasteiger partial charge in [-0.3, -0.25) is 0 Å². The maximum atomic E-state index is 4.84. The van der Waals surface area contributed by atoms with Crippen LogP contribution in [0.3, 0.4) is 0 Å². The van der Waals surface area contributed by atoms with Gasteiger partial charge in [-0.15, -0.1) is 0 Å². The molecule has 4 nitrogen and oxygen atoms in total. The molecule has 0 spiro atoms. The van der Waals surface area contributed by atoms with Crippen LogP contribution in [0.15, 0.2) is 30.6 Å². The summed E-state index contributed by atoms with van der Waals surface area (Å²) >= 11 is 0. The van der Waals surface area contributed by atoms with Crippen LogP contribution in [0.4, 0.5) is 0 Å². The zero-order valence-corrected chi connectivity index (χ0v) is 19.6. The molecule has 0 fully saturated rings. The summed E-state index contributed by atoms with van der Waals surface area (Å²) in [6, 6.07) is 8.78. The molecule has 0 radical (unpaired) electrons. The summed E-state index contributed by atoms with van der Waals surface area (Å²) in [5, 5.41) is 0. The molecular weight excluding hydrogens is 368 g/mol. The summed E-state index contributed by atoms with van der Waals surface area (Å²) in [6.45, 7) is 18.9. The first-order chi connectivity index (χ1) is 14.0. The molecule has 4 rings (SSSR count). The van der Waals surface area contributed by atoms with E-state index in [0.717, 1.165) is 29.8 Å². The molecule has 4 aromatic rings. The number of imidazole rings is 2. The van der Waals surface area contributed by atoms with Crippen LogP contribution in [0.1, 0.15) is 69.1 Å².